The molecule has 0 saturated heterocycles. The first-order valence-corrected chi connectivity index (χ1v) is 9.16. The summed E-state index contributed by atoms with van der Waals surface area (Å²) >= 11 is 3.49. The second-order valence-corrected chi connectivity index (χ2v) is 7.22. The fourth-order valence-electron chi connectivity index (χ4n) is 2.39. The SMILES string of the molecule is CC(C)CC(=O)Nc1ccc(NC(=O)CCc2ccccc2Br)cc1. The lowest BCUT2D eigenvalue weighted by Crippen LogP contribution is -2.14. The summed E-state index contributed by atoms with van der Waals surface area (Å²) < 4.78 is 1.02. The summed E-state index contributed by atoms with van der Waals surface area (Å²) in [7, 11) is 0. The molecule has 0 unspecified atom stereocenters. The molecule has 132 valence electrons. The summed E-state index contributed by atoms with van der Waals surface area (Å²) in [5, 5.41) is 5.73. The number of hydrogen-bond acceptors (Lipinski definition) is 2. The van der Waals surface area contributed by atoms with Crippen molar-refractivity contribution in [2.75, 3.05) is 10.6 Å². The van der Waals surface area contributed by atoms with E-state index in [0.29, 0.717) is 25.2 Å². The predicted molar refractivity (Wildman–Crippen MR) is 106 cm³/mol. The molecule has 0 aromatic heterocycles. The van der Waals surface area contributed by atoms with Crippen LogP contribution in [0.3, 0.4) is 0 Å². The van der Waals surface area contributed by atoms with Gasteiger partial charge in [0.2, 0.25) is 11.8 Å². The lowest BCUT2D eigenvalue weighted by atomic mass is 10.1. The quantitative estimate of drug-likeness (QED) is 0.683. The minimum atomic E-state index is -0.0349. The van der Waals surface area contributed by atoms with Gasteiger partial charge in [-0.15, -0.1) is 0 Å². The normalized spacial score (nSPS) is 10.6. The average molecular weight is 403 g/mol. The molecular weight excluding hydrogens is 380 g/mol. The maximum atomic E-state index is 12.1. The number of amides is 2. The lowest BCUT2D eigenvalue weighted by Gasteiger charge is -2.09. The molecule has 0 aliphatic heterocycles. The minimum Gasteiger partial charge on any atom is -0.326 e. The lowest BCUT2D eigenvalue weighted by molar-refractivity contribution is -0.117. The van der Waals surface area contributed by atoms with Crippen molar-refractivity contribution in [2.24, 2.45) is 5.92 Å². The summed E-state index contributed by atoms with van der Waals surface area (Å²) in [6.07, 6.45) is 1.58. The van der Waals surface area contributed by atoms with E-state index in [9.17, 15) is 9.59 Å². The van der Waals surface area contributed by atoms with E-state index in [0.717, 1.165) is 21.4 Å². The summed E-state index contributed by atoms with van der Waals surface area (Å²) in [6, 6.07) is 15.1. The summed E-state index contributed by atoms with van der Waals surface area (Å²) in [4.78, 5) is 23.8. The number of hydrogen-bond donors (Lipinski definition) is 2. The van der Waals surface area contributed by atoms with Crippen molar-refractivity contribution in [2.45, 2.75) is 33.1 Å². The molecule has 0 atom stereocenters. The molecule has 0 heterocycles. The molecule has 25 heavy (non-hydrogen) atoms. The summed E-state index contributed by atoms with van der Waals surface area (Å²) in [6.45, 7) is 4.01. The molecule has 0 aliphatic rings. The Morgan fingerprint density at radius 3 is 2.04 bits per heavy atom. The van der Waals surface area contributed by atoms with Crippen LogP contribution in [0.1, 0.15) is 32.3 Å². The van der Waals surface area contributed by atoms with Crippen molar-refractivity contribution < 1.29 is 9.59 Å². The molecule has 4 nitrogen and oxygen atoms in total. The third-order valence-corrected chi connectivity index (χ3v) is 4.40. The van der Waals surface area contributed by atoms with E-state index in [1.165, 1.54) is 0 Å². The Morgan fingerprint density at radius 2 is 1.48 bits per heavy atom. The second-order valence-electron chi connectivity index (χ2n) is 6.36. The Kier molecular flexibility index (Phi) is 7.19. The average Bonchev–Trinajstić information content (AvgIpc) is 2.55. The largest absolute Gasteiger partial charge is 0.326 e. The van der Waals surface area contributed by atoms with Gasteiger partial charge in [-0.1, -0.05) is 48.0 Å². The van der Waals surface area contributed by atoms with E-state index < -0.39 is 0 Å². The van der Waals surface area contributed by atoms with Crippen LogP contribution >= 0.6 is 15.9 Å². The number of benzene rings is 2. The standard InChI is InChI=1S/C20H23BrN2O2/c1-14(2)13-20(25)23-17-10-8-16(9-11-17)22-19(24)12-7-15-5-3-4-6-18(15)21/h3-6,8-11,14H,7,12-13H2,1-2H3,(H,22,24)(H,23,25). The highest BCUT2D eigenvalue weighted by Gasteiger charge is 2.07. The molecule has 0 spiro atoms. The molecule has 0 fully saturated rings. The molecule has 0 radical (unpaired) electrons. The van der Waals surface area contributed by atoms with Gasteiger partial charge in [0.05, 0.1) is 0 Å². The van der Waals surface area contributed by atoms with E-state index >= 15 is 0 Å². The van der Waals surface area contributed by atoms with Crippen molar-refractivity contribution in [1.29, 1.82) is 0 Å². The van der Waals surface area contributed by atoms with Crippen LogP contribution in [0.5, 0.6) is 0 Å². The Balaban J connectivity index is 1.83. The first-order valence-electron chi connectivity index (χ1n) is 8.37. The molecular formula is C20H23BrN2O2. The van der Waals surface area contributed by atoms with Gasteiger partial charge in [0.15, 0.2) is 0 Å². The van der Waals surface area contributed by atoms with Gasteiger partial charge in [-0.25, -0.2) is 0 Å². The number of rotatable bonds is 7. The topological polar surface area (TPSA) is 58.2 Å². The van der Waals surface area contributed by atoms with Crippen LogP contribution in [-0.2, 0) is 16.0 Å². The van der Waals surface area contributed by atoms with Crippen LogP contribution in [0.25, 0.3) is 0 Å². The smallest absolute Gasteiger partial charge is 0.224 e. The highest BCUT2D eigenvalue weighted by atomic mass is 79.9. The first kappa shape index (κ1) is 19.2. The van der Waals surface area contributed by atoms with Crippen molar-refractivity contribution in [3.05, 3.63) is 58.6 Å². The Labute approximate surface area is 157 Å². The third-order valence-electron chi connectivity index (χ3n) is 3.63. The number of nitrogens with one attached hydrogen (secondary N) is 2. The van der Waals surface area contributed by atoms with Crippen molar-refractivity contribution in [1.82, 2.24) is 0 Å². The number of carbonyl (C=O) groups excluding carboxylic acids is 2. The van der Waals surface area contributed by atoms with Crippen LogP contribution in [0.4, 0.5) is 11.4 Å². The van der Waals surface area contributed by atoms with E-state index in [1.54, 1.807) is 24.3 Å². The molecule has 2 aromatic carbocycles. The zero-order chi connectivity index (χ0) is 18.2. The van der Waals surface area contributed by atoms with Gasteiger partial charge in [0.1, 0.15) is 0 Å². The maximum absolute atomic E-state index is 12.1. The van der Waals surface area contributed by atoms with E-state index in [4.69, 9.17) is 0 Å². The zero-order valence-electron chi connectivity index (χ0n) is 14.5. The Bertz CT molecular complexity index is 727. The first-order chi connectivity index (χ1) is 11.9. The van der Waals surface area contributed by atoms with Crippen LogP contribution in [0.15, 0.2) is 53.0 Å². The monoisotopic (exact) mass is 402 g/mol. The molecule has 2 amide bonds. The van der Waals surface area contributed by atoms with Gasteiger partial charge < -0.3 is 10.6 Å². The Hall–Kier alpha value is -2.14. The molecule has 2 rings (SSSR count). The number of carbonyl (C=O) groups is 2. The van der Waals surface area contributed by atoms with Crippen molar-refractivity contribution >= 4 is 39.1 Å². The van der Waals surface area contributed by atoms with E-state index in [1.807, 2.05) is 38.1 Å². The van der Waals surface area contributed by atoms with Crippen molar-refractivity contribution in [3.8, 4) is 0 Å². The van der Waals surface area contributed by atoms with Gasteiger partial charge in [-0.05, 0) is 48.2 Å². The van der Waals surface area contributed by atoms with Gasteiger partial charge >= 0.3 is 0 Å². The highest BCUT2D eigenvalue weighted by molar-refractivity contribution is 9.10. The van der Waals surface area contributed by atoms with Gasteiger partial charge in [-0.3, -0.25) is 9.59 Å². The van der Waals surface area contributed by atoms with Crippen LogP contribution in [0, 0.1) is 5.92 Å². The molecule has 0 bridgehead atoms. The Morgan fingerprint density at radius 1 is 0.920 bits per heavy atom. The molecule has 0 saturated carbocycles. The van der Waals surface area contributed by atoms with Crippen LogP contribution < -0.4 is 10.6 Å². The van der Waals surface area contributed by atoms with Gasteiger partial charge in [0.25, 0.3) is 0 Å². The summed E-state index contributed by atoms with van der Waals surface area (Å²) in [5.41, 5.74) is 2.57. The molecule has 2 N–H and O–H groups in total. The van der Waals surface area contributed by atoms with E-state index in [2.05, 4.69) is 26.6 Å². The van der Waals surface area contributed by atoms with Crippen LogP contribution in [0.2, 0.25) is 0 Å². The van der Waals surface area contributed by atoms with E-state index in [-0.39, 0.29) is 11.8 Å². The fraction of sp³-hybridized carbons (Fsp3) is 0.300. The third kappa shape index (κ3) is 6.70. The van der Waals surface area contributed by atoms with Crippen molar-refractivity contribution in [3.63, 3.8) is 0 Å². The predicted octanol–water partition coefficient (Wildman–Crippen LogP) is 5.01. The number of halogens is 1. The van der Waals surface area contributed by atoms with Gasteiger partial charge in [-0.2, -0.15) is 0 Å². The van der Waals surface area contributed by atoms with Gasteiger partial charge in [0, 0.05) is 28.7 Å². The molecule has 0 aliphatic carbocycles. The van der Waals surface area contributed by atoms with Crippen LogP contribution in [-0.4, -0.2) is 11.8 Å². The fourth-order valence-corrected chi connectivity index (χ4v) is 2.88. The summed E-state index contributed by atoms with van der Waals surface area (Å²) in [5.74, 6) is 0.288. The highest BCUT2D eigenvalue weighted by Crippen LogP contribution is 2.18. The zero-order valence-corrected chi connectivity index (χ0v) is 16.1. The number of anilines is 2. The maximum Gasteiger partial charge on any atom is 0.224 e. The molecule has 5 heteroatoms. The number of aryl methyl sites for hydroxylation is 1. The molecule has 2 aromatic rings. The second kappa shape index (κ2) is 9.37. The minimum absolute atomic E-state index is 0.000207.